The number of carboxylic acid groups (broad SMARTS) is 1. The molecular formula is C14H19ClN2O3. The Kier molecular flexibility index (Phi) is 3.69. The molecule has 0 bridgehead atoms. The molecule has 2 heterocycles. The van der Waals surface area contributed by atoms with E-state index in [0.717, 1.165) is 0 Å². The highest BCUT2D eigenvalue weighted by molar-refractivity contribution is 6.29. The van der Waals surface area contributed by atoms with Gasteiger partial charge < -0.3 is 14.7 Å². The van der Waals surface area contributed by atoms with Gasteiger partial charge in [0.15, 0.2) is 0 Å². The second-order valence-corrected chi connectivity index (χ2v) is 6.68. The fraction of sp³-hybridized carbons (Fsp3) is 0.571. The Morgan fingerprint density at radius 3 is 2.35 bits per heavy atom. The van der Waals surface area contributed by atoms with E-state index in [1.807, 2.05) is 32.6 Å². The Bertz CT molecular complexity index is 527. The molecule has 1 aromatic rings. The number of anilines is 1. The highest BCUT2D eigenvalue weighted by atomic mass is 35.5. The van der Waals surface area contributed by atoms with Crippen molar-refractivity contribution in [2.24, 2.45) is 0 Å². The van der Waals surface area contributed by atoms with E-state index in [0.29, 0.717) is 18.9 Å². The second-order valence-electron chi connectivity index (χ2n) is 6.29. The van der Waals surface area contributed by atoms with E-state index in [4.69, 9.17) is 16.3 Å². The van der Waals surface area contributed by atoms with Crippen molar-refractivity contribution in [3.05, 3.63) is 22.8 Å². The van der Waals surface area contributed by atoms with E-state index in [9.17, 15) is 9.90 Å². The van der Waals surface area contributed by atoms with Crippen molar-refractivity contribution < 1.29 is 14.6 Å². The van der Waals surface area contributed by atoms with Crippen LogP contribution in [0, 0.1) is 0 Å². The van der Waals surface area contributed by atoms with Gasteiger partial charge in [-0.05, 0) is 39.8 Å². The minimum absolute atomic E-state index is 0.155. The van der Waals surface area contributed by atoms with Crippen LogP contribution in [0.2, 0.25) is 5.15 Å². The molecule has 0 aliphatic carbocycles. The predicted octanol–water partition coefficient (Wildman–Crippen LogP) is 2.83. The number of halogens is 1. The summed E-state index contributed by atoms with van der Waals surface area (Å²) in [4.78, 5) is 17.5. The number of nitrogens with zero attached hydrogens (tertiary/aromatic N) is 2. The summed E-state index contributed by atoms with van der Waals surface area (Å²) in [6.07, 6.45) is 0. The zero-order valence-electron chi connectivity index (χ0n) is 12.1. The van der Waals surface area contributed by atoms with Gasteiger partial charge in [-0.15, -0.1) is 0 Å². The molecule has 0 amide bonds. The number of hydrogen-bond acceptors (Lipinski definition) is 4. The highest BCUT2D eigenvalue weighted by Gasteiger charge is 2.39. The fourth-order valence-corrected chi connectivity index (χ4v) is 2.91. The number of pyridine rings is 1. The second kappa shape index (κ2) is 4.90. The highest BCUT2D eigenvalue weighted by Crippen LogP contribution is 2.32. The first kappa shape index (κ1) is 15.1. The van der Waals surface area contributed by atoms with Crippen molar-refractivity contribution in [3.63, 3.8) is 0 Å². The van der Waals surface area contributed by atoms with E-state index in [1.165, 1.54) is 12.1 Å². The molecule has 0 atom stereocenters. The minimum atomic E-state index is -1.01. The van der Waals surface area contributed by atoms with Crippen LogP contribution in [-0.4, -0.2) is 40.4 Å². The van der Waals surface area contributed by atoms with E-state index in [-0.39, 0.29) is 21.9 Å². The van der Waals surface area contributed by atoms with Gasteiger partial charge in [0, 0.05) is 13.1 Å². The lowest BCUT2D eigenvalue weighted by Crippen LogP contribution is -2.57. The molecule has 1 saturated heterocycles. The SMILES string of the molecule is CC1(C)CN(c2nc(Cl)ccc2C(=O)O)CC(C)(C)O1. The molecule has 1 fully saturated rings. The lowest BCUT2D eigenvalue weighted by molar-refractivity contribution is -0.133. The molecule has 0 aromatic carbocycles. The Hall–Kier alpha value is -1.33. The molecule has 0 saturated carbocycles. The van der Waals surface area contributed by atoms with Crippen LogP contribution in [0.25, 0.3) is 0 Å². The van der Waals surface area contributed by atoms with E-state index >= 15 is 0 Å². The summed E-state index contributed by atoms with van der Waals surface area (Å²) in [6, 6.07) is 2.98. The van der Waals surface area contributed by atoms with Crippen molar-refractivity contribution in [2.75, 3.05) is 18.0 Å². The van der Waals surface area contributed by atoms with Crippen molar-refractivity contribution in [3.8, 4) is 0 Å². The first-order valence-corrected chi connectivity index (χ1v) is 6.82. The summed E-state index contributed by atoms with van der Waals surface area (Å²) in [7, 11) is 0. The van der Waals surface area contributed by atoms with Crippen LogP contribution in [0.15, 0.2) is 12.1 Å². The summed E-state index contributed by atoms with van der Waals surface area (Å²) in [5, 5.41) is 9.59. The van der Waals surface area contributed by atoms with Gasteiger partial charge >= 0.3 is 5.97 Å². The summed E-state index contributed by atoms with van der Waals surface area (Å²) in [5.74, 6) is -0.610. The van der Waals surface area contributed by atoms with Crippen molar-refractivity contribution in [2.45, 2.75) is 38.9 Å². The molecule has 5 nitrogen and oxygen atoms in total. The zero-order valence-corrected chi connectivity index (χ0v) is 12.9. The average molecular weight is 299 g/mol. The molecule has 1 aromatic heterocycles. The van der Waals surface area contributed by atoms with Crippen LogP contribution in [0.1, 0.15) is 38.1 Å². The molecule has 110 valence electrons. The average Bonchev–Trinajstić information content (AvgIpc) is 2.24. The van der Waals surface area contributed by atoms with Gasteiger partial charge in [-0.3, -0.25) is 0 Å². The fourth-order valence-electron chi connectivity index (χ4n) is 2.77. The van der Waals surface area contributed by atoms with Crippen LogP contribution < -0.4 is 4.90 Å². The number of hydrogen-bond donors (Lipinski definition) is 1. The largest absolute Gasteiger partial charge is 0.478 e. The maximum absolute atomic E-state index is 11.4. The number of aromatic carboxylic acids is 1. The number of aromatic nitrogens is 1. The Balaban J connectivity index is 2.45. The molecule has 1 aliphatic rings. The number of carbonyl (C=O) groups is 1. The molecule has 6 heteroatoms. The summed E-state index contributed by atoms with van der Waals surface area (Å²) in [6.45, 7) is 9.03. The van der Waals surface area contributed by atoms with Crippen molar-refractivity contribution in [1.82, 2.24) is 4.98 Å². The summed E-state index contributed by atoms with van der Waals surface area (Å²) in [5.41, 5.74) is -0.619. The maximum atomic E-state index is 11.4. The van der Waals surface area contributed by atoms with E-state index in [2.05, 4.69) is 4.98 Å². The third kappa shape index (κ3) is 3.22. The van der Waals surface area contributed by atoms with Crippen LogP contribution in [0.3, 0.4) is 0 Å². The smallest absolute Gasteiger partial charge is 0.339 e. The molecule has 2 rings (SSSR count). The normalized spacial score (nSPS) is 20.8. The molecule has 1 aliphatic heterocycles. The van der Waals surface area contributed by atoms with Crippen LogP contribution >= 0.6 is 11.6 Å². The third-order valence-electron chi connectivity index (χ3n) is 3.07. The van der Waals surface area contributed by atoms with E-state index in [1.54, 1.807) is 0 Å². The van der Waals surface area contributed by atoms with Crippen LogP contribution in [-0.2, 0) is 4.74 Å². The van der Waals surface area contributed by atoms with Gasteiger partial charge in [-0.25, -0.2) is 9.78 Å². The minimum Gasteiger partial charge on any atom is -0.478 e. The standard InChI is InChI=1S/C14H19ClN2O3/c1-13(2)7-17(8-14(3,4)20-13)11-9(12(18)19)5-6-10(15)16-11/h5-6H,7-8H2,1-4H3,(H,18,19). The number of morpholine rings is 1. The Labute approximate surface area is 123 Å². The molecular weight excluding hydrogens is 280 g/mol. The summed E-state index contributed by atoms with van der Waals surface area (Å²) >= 11 is 5.92. The predicted molar refractivity (Wildman–Crippen MR) is 77.7 cm³/mol. The quantitative estimate of drug-likeness (QED) is 0.851. The zero-order chi connectivity index (χ0) is 15.1. The number of carboxylic acids is 1. The number of rotatable bonds is 2. The third-order valence-corrected chi connectivity index (χ3v) is 3.28. The molecule has 0 spiro atoms. The molecule has 0 radical (unpaired) electrons. The molecule has 1 N–H and O–H groups in total. The van der Waals surface area contributed by atoms with Crippen LogP contribution in [0.5, 0.6) is 0 Å². The Morgan fingerprint density at radius 2 is 1.85 bits per heavy atom. The van der Waals surface area contributed by atoms with Gasteiger partial charge in [0.1, 0.15) is 16.5 Å². The van der Waals surface area contributed by atoms with Crippen LogP contribution in [0.4, 0.5) is 5.82 Å². The number of ether oxygens (including phenoxy) is 1. The first-order valence-electron chi connectivity index (χ1n) is 6.45. The lowest BCUT2D eigenvalue weighted by atomic mass is 9.98. The summed E-state index contributed by atoms with van der Waals surface area (Å²) < 4.78 is 5.99. The van der Waals surface area contributed by atoms with Crippen molar-refractivity contribution >= 4 is 23.4 Å². The van der Waals surface area contributed by atoms with Gasteiger partial charge in [0.2, 0.25) is 0 Å². The topological polar surface area (TPSA) is 62.7 Å². The first-order chi connectivity index (χ1) is 9.10. The van der Waals surface area contributed by atoms with Crippen molar-refractivity contribution in [1.29, 1.82) is 0 Å². The monoisotopic (exact) mass is 298 g/mol. The lowest BCUT2D eigenvalue weighted by Gasteiger charge is -2.47. The Morgan fingerprint density at radius 1 is 1.30 bits per heavy atom. The molecule has 20 heavy (non-hydrogen) atoms. The van der Waals surface area contributed by atoms with Gasteiger partial charge in [-0.2, -0.15) is 0 Å². The van der Waals surface area contributed by atoms with Gasteiger partial charge in [0.05, 0.1) is 11.2 Å². The van der Waals surface area contributed by atoms with Gasteiger partial charge in [-0.1, -0.05) is 11.6 Å². The van der Waals surface area contributed by atoms with E-state index < -0.39 is 5.97 Å². The molecule has 0 unspecified atom stereocenters. The maximum Gasteiger partial charge on any atom is 0.339 e. The van der Waals surface area contributed by atoms with Gasteiger partial charge in [0.25, 0.3) is 0 Å².